The lowest BCUT2D eigenvalue weighted by Gasteiger charge is -2.04. The van der Waals surface area contributed by atoms with E-state index < -0.39 is 0 Å². The van der Waals surface area contributed by atoms with Gasteiger partial charge in [-0.3, -0.25) is 0 Å². The van der Waals surface area contributed by atoms with E-state index in [2.05, 4.69) is 55.5 Å². The highest BCUT2D eigenvalue weighted by atomic mass is 79.9. The number of hydrogen-bond acceptors (Lipinski definition) is 3. The first kappa shape index (κ1) is 9.93. The van der Waals surface area contributed by atoms with Gasteiger partial charge in [-0.15, -0.1) is 11.3 Å². The van der Waals surface area contributed by atoms with Crippen LogP contribution in [0.15, 0.2) is 46.8 Å². The molecule has 0 fully saturated rings. The lowest BCUT2D eigenvalue weighted by atomic mass is 10.1. The molecule has 2 nitrogen and oxygen atoms in total. The van der Waals surface area contributed by atoms with Crippen LogP contribution in [0.25, 0.3) is 21.2 Å². The van der Waals surface area contributed by atoms with E-state index in [1.807, 2.05) is 6.20 Å². The van der Waals surface area contributed by atoms with E-state index in [1.165, 1.54) is 15.6 Å². The zero-order chi connectivity index (χ0) is 11.0. The maximum atomic E-state index is 4.16. The zero-order valence-corrected chi connectivity index (χ0v) is 10.6. The Morgan fingerprint density at radius 1 is 1.12 bits per heavy atom. The summed E-state index contributed by atoms with van der Waals surface area (Å²) in [4.78, 5) is 8.23. The number of nitrogens with zero attached hydrogens (tertiary/aromatic N) is 2. The molecule has 3 aromatic rings. The Bertz CT molecular complexity index is 648. The van der Waals surface area contributed by atoms with E-state index in [9.17, 15) is 0 Å². The van der Waals surface area contributed by atoms with Crippen molar-refractivity contribution in [2.24, 2.45) is 0 Å². The fourth-order valence-corrected chi connectivity index (χ4v) is 3.04. The molecule has 1 aromatic carbocycles. The molecule has 0 saturated heterocycles. The van der Waals surface area contributed by atoms with Crippen LogP contribution < -0.4 is 0 Å². The first-order valence-electron chi connectivity index (χ1n) is 4.78. The van der Waals surface area contributed by atoms with Crippen LogP contribution in [0.2, 0.25) is 0 Å². The molecule has 4 heteroatoms. The Morgan fingerprint density at radius 3 is 2.94 bits per heavy atom. The van der Waals surface area contributed by atoms with Gasteiger partial charge in [0, 0.05) is 22.0 Å². The molecule has 0 aliphatic heterocycles. The minimum Gasteiger partial charge on any atom is -0.244 e. The third-order valence-corrected chi connectivity index (χ3v) is 4.03. The average molecular weight is 291 g/mol. The minimum absolute atomic E-state index is 0.836. The van der Waals surface area contributed by atoms with Gasteiger partial charge in [-0.25, -0.2) is 9.97 Å². The highest BCUT2D eigenvalue weighted by Crippen LogP contribution is 2.34. The first-order chi connectivity index (χ1) is 7.86. The number of rotatable bonds is 1. The van der Waals surface area contributed by atoms with Gasteiger partial charge in [-0.2, -0.15) is 0 Å². The second kappa shape index (κ2) is 3.96. The third kappa shape index (κ3) is 1.54. The summed E-state index contributed by atoms with van der Waals surface area (Å²) in [5.74, 6) is 0. The van der Waals surface area contributed by atoms with E-state index in [0.29, 0.717) is 0 Å². The van der Waals surface area contributed by atoms with Gasteiger partial charge in [0.05, 0.1) is 0 Å². The van der Waals surface area contributed by atoms with Gasteiger partial charge in [0.1, 0.15) is 10.9 Å². The van der Waals surface area contributed by atoms with Gasteiger partial charge in [0.2, 0.25) is 0 Å². The number of aromatic nitrogens is 2. The van der Waals surface area contributed by atoms with Gasteiger partial charge >= 0.3 is 0 Å². The molecular weight excluding hydrogens is 284 g/mol. The lowest BCUT2D eigenvalue weighted by molar-refractivity contribution is 1.14. The molecule has 0 aliphatic rings. The summed E-state index contributed by atoms with van der Waals surface area (Å²) >= 11 is 5.20. The zero-order valence-electron chi connectivity index (χ0n) is 8.22. The largest absolute Gasteiger partial charge is 0.244 e. The third-order valence-electron chi connectivity index (χ3n) is 2.43. The second-order valence-corrected chi connectivity index (χ2v) is 5.04. The SMILES string of the molecule is Brc1ncncc1-c1cccc2ccsc12. The summed E-state index contributed by atoms with van der Waals surface area (Å²) < 4.78 is 2.11. The van der Waals surface area contributed by atoms with Crippen molar-refractivity contribution in [3.63, 3.8) is 0 Å². The molecule has 0 aliphatic carbocycles. The van der Waals surface area contributed by atoms with E-state index in [4.69, 9.17) is 0 Å². The van der Waals surface area contributed by atoms with Gasteiger partial charge in [0.25, 0.3) is 0 Å². The van der Waals surface area contributed by atoms with Gasteiger partial charge in [0.15, 0.2) is 0 Å². The molecule has 78 valence electrons. The topological polar surface area (TPSA) is 25.8 Å². The Balaban J connectivity index is 2.34. The Labute approximate surface area is 105 Å². The number of thiophene rings is 1. The molecule has 16 heavy (non-hydrogen) atoms. The van der Waals surface area contributed by atoms with Crippen molar-refractivity contribution in [1.82, 2.24) is 9.97 Å². The number of fused-ring (bicyclic) bond motifs is 1. The van der Waals surface area contributed by atoms with Crippen LogP contribution in [-0.4, -0.2) is 9.97 Å². The quantitative estimate of drug-likeness (QED) is 0.630. The molecule has 0 atom stereocenters. The van der Waals surface area contributed by atoms with Crippen molar-refractivity contribution in [3.8, 4) is 11.1 Å². The summed E-state index contributed by atoms with van der Waals surface area (Å²) in [7, 11) is 0. The van der Waals surface area contributed by atoms with Crippen LogP contribution in [0, 0.1) is 0 Å². The predicted molar refractivity (Wildman–Crippen MR) is 70.6 cm³/mol. The van der Waals surface area contributed by atoms with Crippen LogP contribution in [0.3, 0.4) is 0 Å². The van der Waals surface area contributed by atoms with Crippen molar-refractivity contribution in [2.75, 3.05) is 0 Å². The maximum Gasteiger partial charge on any atom is 0.117 e. The molecule has 2 aromatic heterocycles. The maximum absolute atomic E-state index is 4.16. The molecule has 0 bridgehead atoms. The Hall–Kier alpha value is -1.26. The van der Waals surface area contributed by atoms with Gasteiger partial charge < -0.3 is 0 Å². The van der Waals surface area contributed by atoms with Crippen LogP contribution in [0.5, 0.6) is 0 Å². The molecule has 0 radical (unpaired) electrons. The molecule has 0 unspecified atom stereocenters. The molecule has 2 heterocycles. The normalized spacial score (nSPS) is 10.8. The van der Waals surface area contributed by atoms with E-state index in [0.717, 1.165) is 10.2 Å². The Morgan fingerprint density at radius 2 is 2.06 bits per heavy atom. The number of hydrogen-bond donors (Lipinski definition) is 0. The molecule has 0 N–H and O–H groups in total. The van der Waals surface area contributed by atoms with Crippen molar-refractivity contribution >= 4 is 37.4 Å². The van der Waals surface area contributed by atoms with Crippen LogP contribution in [0.4, 0.5) is 0 Å². The predicted octanol–water partition coefficient (Wildman–Crippen LogP) is 4.12. The van der Waals surface area contributed by atoms with E-state index in [-0.39, 0.29) is 0 Å². The molecular formula is C12H7BrN2S. The lowest BCUT2D eigenvalue weighted by Crippen LogP contribution is -1.85. The highest BCUT2D eigenvalue weighted by molar-refractivity contribution is 9.10. The summed E-state index contributed by atoms with van der Waals surface area (Å²) in [5.41, 5.74) is 2.22. The average Bonchev–Trinajstić information content (AvgIpc) is 2.77. The molecule has 0 spiro atoms. The number of benzene rings is 1. The van der Waals surface area contributed by atoms with Crippen molar-refractivity contribution in [1.29, 1.82) is 0 Å². The summed E-state index contributed by atoms with van der Waals surface area (Å²) in [6.45, 7) is 0. The standard InChI is InChI=1S/C12H7BrN2S/c13-12-10(6-14-7-15-12)9-3-1-2-8-4-5-16-11(8)9/h1-7H. The van der Waals surface area contributed by atoms with Crippen molar-refractivity contribution in [2.45, 2.75) is 0 Å². The van der Waals surface area contributed by atoms with Crippen LogP contribution >= 0.6 is 27.3 Å². The monoisotopic (exact) mass is 290 g/mol. The molecule has 0 saturated carbocycles. The van der Waals surface area contributed by atoms with E-state index >= 15 is 0 Å². The van der Waals surface area contributed by atoms with Crippen LogP contribution in [0.1, 0.15) is 0 Å². The summed E-state index contributed by atoms with van der Waals surface area (Å²) in [6, 6.07) is 8.40. The van der Waals surface area contributed by atoms with Gasteiger partial charge in [-0.05, 0) is 32.8 Å². The van der Waals surface area contributed by atoms with E-state index in [1.54, 1.807) is 17.7 Å². The van der Waals surface area contributed by atoms with Crippen molar-refractivity contribution < 1.29 is 0 Å². The molecule has 0 amide bonds. The molecule has 3 rings (SSSR count). The highest BCUT2D eigenvalue weighted by Gasteiger charge is 2.08. The van der Waals surface area contributed by atoms with Crippen molar-refractivity contribution in [3.05, 3.63) is 46.8 Å². The fraction of sp³-hybridized carbons (Fsp3) is 0. The fourth-order valence-electron chi connectivity index (χ4n) is 1.70. The smallest absolute Gasteiger partial charge is 0.117 e. The summed E-state index contributed by atoms with van der Waals surface area (Å²) in [5, 5.41) is 3.37. The second-order valence-electron chi connectivity index (χ2n) is 3.37. The first-order valence-corrected chi connectivity index (χ1v) is 6.45. The minimum atomic E-state index is 0.836. The Kier molecular flexibility index (Phi) is 2.46. The summed E-state index contributed by atoms with van der Waals surface area (Å²) in [6.07, 6.45) is 3.38. The number of halogens is 1. The van der Waals surface area contributed by atoms with Crippen LogP contribution in [-0.2, 0) is 0 Å². The van der Waals surface area contributed by atoms with Gasteiger partial charge in [-0.1, -0.05) is 18.2 Å².